The minimum absolute atomic E-state index is 0.273. The quantitative estimate of drug-likeness (QED) is 0.875. The lowest BCUT2D eigenvalue weighted by Gasteiger charge is -2.04. The average molecular weight is 284 g/mol. The minimum atomic E-state index is -0.273. The fourth-order valence-corrected chi connectivity index (χ4v) is 1.88. The fourth-order valence-electron chi connectivity index (χ4n) is 1.54. The van der Waals surface area contributed by atoms with Gasteiger partial charge in [-0.25, -0.2) is 4.39 Å². The van der Waals surface area contributed by atoms with Gasteiger partial charge in [0.15, 0.2) is 0 Å². The van der Waals surface area contributed by atoms with Crippen molar-refractivity contribution in [3.8, 4) is 11.3 Å². The van der Waals surface area contributed by atoms with Crippen LogP contribution in [0, 0.1) is 12.7 Å². The Labute approximate surface area is 101 Å². The summed E-state index contributed by atoms with van der Waals surface area (Å²) in [5, 5.41) is 4.26. The van der Waals surface area contributed by atoms with Gasteiger partial charge in [-0.3, -0.25) is 4.68 Å². The van der Waals surface area contributed by atoms with E-state index in [4.69, 9.17) is 5.73 Å². The molecule has 0 aliphatic carbocycles. The van der Waals surface area contributed by atoms with Gasteiger partial charge in [-0.2, -0.15) is 5.10 Å². The van der Waals surface area contributed by atoms with Crippen LogP contribution in [0.2, 0.25) is 0 Å². The van der Waals surface area contributed by atoms with Crippen molar-refractivity contribution in [2.75, 3.05) is 5.73 Å². The second-order valence-electron chi connectivity index (χ2n) is 3.66. The van der Waals surface area contributed by atoms with Crippen molar-refractivity contribution in [3.05, 3.63) is 34.1 Å². The van der Waals surface area contributed by atoms with Gasteiger partial charge >= 0.3 is 0 Å². The molecule has 0 saturated carbocycles. The van der Waals surface area contributed by atoms with Crippen LogP contribution in [0.4, 0.5) is 10.2 Å². The first-order valence-electron chi connectivity index (χ1n) is 4.74. The van der Waals surface area contributed by atoms with Gasteiger partial charge < -0.3 is 5.73 Å². The van der Waals surface area contributed by atoms with E-state index in [1.165, 1.54) is 6.07 Å². The highest BCUT2D eigenvalue weighted by molar-refractivity contribution is 9.10. The Balaban J connectivity index is 2.60. The summed E-state index contributed by atoms with van der Waals surface area (Å²) in [5.41, 5.74) is 8.17. The maximum Gasteiger partial charge on any atom is 0.137 e. The Morgan fingerprint density at radius 3 is 2.62 bits per heavy atom. The zero-order valence-corrected chi connectivity index (χ0v) is 10.5. The van der Waals surface area contributed by atoms with Gasteiger partial charge in [0.25, 0.3) is 0 Å². The summed E-state index contributed by atoms with van der Waals surface area (Å²) in [7, 11) is 1.77. The van der Waals surface area contributed by atoms with E-state index in [0.717, 1.165) is 16.8 Å². The number of aromatic nitrogens is 2. The molecular weight excluding hydrogens is 273 g/mol. The van der Waals surface area contributed by atoms with Crippen molar-refractivity contribution in [1.82, 2.24) is 9.78 Å². The van der Waals surface area contributed by atoms with Crippen molar-refractivity contribution in [2.45, 2.75) is 6.92 Å². The lowest BCUT2D eigenvalue weighted by molar-refractivity contribution is 0.620. The Morgan fingerprint density at radius 2 is 2.06 bits per heavy atom. The molecular formula is C11H11BrFN3. The molecule has 1 aromatic heterocycles. The maximum absolute atomic E-state index is 13.3. The van der Waals surface area contributed by atoms with E-state index in [9.17, 15) is 4.39 Å². The fraction of sp³-hybridized carbons (Fsp3) is 0.182. The van der Waals surface area contributed by atoms with E-state index >= 15 is 0 Å². The monoisotopic (exact) mass is 283 g/mol. The molecule has 0 unspecified atom stereocenters. The number of benzene rings is 1. The Kier molecular flexibility index (Phi) is 2.71. The van der Waals surface area contributed by atoms with E-state index in [1.54, 1.807) is 23.9 Å². The second kappa shape index (κ2) is 3.90. The highest BCUT2D eigenvalue weighted by atomic mass is 79.9. The molecule has 0 bridgehead atoms. The Morgan fingerprint density at radius 1 is 1.38 bits per heavy atom. The predicted molar refractivity (Wildman–Crippen MR) is 65.5 cm³/mol. The van der Waals surface area contributed by atoms with Crippen LogP contribution in [-0.4, -0.2) is 9.78 Å². The molecule has 0 aliphatic heterocycles. The molecule has 2 N–H and O–H groups in total. The summed E-state index contributed by atoms with van der Waals surface area (Å²) in [4.78, 5) is 0. The molecule has 1 heterocycles. The van der Waals surface area contributed by atoms with E-state index < -0.39 is 0 Å². The Hall–Kier alpha value is -1.36. The van der Waals surface area contributed by atoms with Crippen LogP contribution >= 0.6 is 15.9 Å². The molecule has 0 spiro atoms. The number of halogens is 2. The zero-order valence-electron chi connectivity index (χ0n) is 8.96. The van der Waals surface area contributed by atoms with Crippen LogP contribution < -0.4 is 5.73 Å². The van der Waals surface area contributed by atoms with Crippen molar-refractivity contribution < 1.29 is 4.39 Å². The molecule has 5 heteroatoms. The largest absolute Gasteiger partial charge is 0.384 e. The number of rotatable bonds is 1. The SMILES string of the molecule is Cc1cc(F)c(Br)cc1-c1cc(N)n(C)n1. The van der Waals surface area contributed by atoms with Crippen molar-refractivity contribution in [2.24, 2.45) is 7.05 Å². The third-order valence-electron chi connectivity index (χ3n) is 2.46. The van der Waals surface area contributed by atoms with E-state index in [-0.39, 0.29) is 5.82 Å². The van der Waals surface area contributed by atoms with E-state index in [1.807, 2.05) is 6.92 Å². The van der Waals surface area contributed by atoms with Gasteiger partial charge in [0, 0.05) is 18.7 Å². The smallest absolute Gasteiger partial charge is 0.137 e. The van der Waals surface area contributed by atoms with Crippen LogP contribution in [0.15, 0.2) is 22.7 Å². The van der Waals surface area contributed by atoms with Crippen molar-refractivity contribution in [1.29, 1.82) is 0 Å². The topological polar surface area (TPSA) is 43.8 Å². The van der Waals surface area contributed by atoms with Crippen LogP contribution in [0.1, 0.15) is 5.56 Å². The first-order valence-corrected chi connectivity index (χ1v) is 5.54. The average Bonchev–Trinajstić information content (AvgIpc) is 2.53. The van der Waals surface area contributed by atoms with Crippen molar-refractivity contribution >= 4 is 21.7 Å². The summed E-state index contributed by atoms with van der Waals surface area (Å²) in [5.74, 6) is 0.306. The Bertz CT molecular complexity index is 529. The number of nitrogens with two attached hydrogens (primary N) is 1. The van der Waals surface area contributed by atoms with E-state index in [0.29, 0.717) is 10.3 Å². The van der Waals surface area contributed by atoms with Gasteiger partial charge in [0.05, 0.1) is 10.2 Å². The third-order valence-corrected chi connectivity index (χ3v) is 3.07. The number of anilines is 1. The van der Waals surface area contributed by atoms with Crippen molar-refractivity contribution in [3.63, 3.8) is 0 Å². The highest BCUT2D eigenvalue weighted by Gasteiger charge is 2.10. The van der Waals surface area contributed by atoms with E-state index in [2.05, 4.69) is 21.0 Å². The first-order chi connectivity index (χ1) is 7.49. The first kappa shape index (κ1) is 11.1. The van der Waals surface area contributed by atoms with Gasteiger partial charge in [-0.05, 0) is 40.5 Å². The molecule has 1 aromatic carbocycles. The lowest BCUT2D eigenvalue weighted by atomic mass is 10.1. The maximum atomic E-state index is 13.3. The predicted octanol–water partition coefficient (Wildman–Crippen LogP) is 2.88. The number of hydrogen-bond acceptors (Lipinski definition) is 2. The molecule has 0 atom stereocenters. The van der Waals surface area contributed by atoms with Gasteiger partial charge in [0.1, 0.15) is 11.6 Å². The van der Waals surface area contributed by atoms with Crippen LogP contribution in [0.25, 0.3) is 11.3 Å². The summed E-state index contributed by atoms with van der Waals surface area (Å²) >= 11 is 3.16. The van der Waals surface area contributed by atoms with Crippen LogP contribution in [0.3, 0.4) is 0 Å². The molecule has 2 aromatic rings. The molecule has 0 amide bonds. The second-order valence-corrected chi connectivity index (χ2v) is 4.51. The van der Waals surface area contributed by atoms with Gasteiger partial charge in [-0.15, -0.1) is 0 Å². The molecule has 84 valence electrons. The number of hydrogen-bond donors (Lipinski definition) is 1. The normalized spacial score (nSPS) is 10.8. The molecule has 16 heavy (non-hydrogen) atoms. The lowest BCUT2D eigenvalue weighted by Crippen LogP contribution is -1.96. The summed E-state index contributed by atoms with van der Waals surface area (Å²) in [6, 6.07) is 4.96. The number of aryl methyl sites for hydroxylation is 2. The number of nitrogen functional groups attached to an aromatic ring is 1. The third kappa shape index (κ3) is 1.82. The summed E-state index contributed by atoms with van der Waals surface area (Å²) in [6.07, 6.45) is 0. The van der Waals surface area contributed by atoms with Gasteiger partial charge in [-0.1, -0.05) is 0 Å². The molecule has 0 aliphatic rings. The molecule has 0 radical (unpaired) electrons. The standard InChI is InChI=1S/C11H11BrFN3/c1-6-3-9(13)8(12)4-7(6)10-5-11(14)16(2)15-10/h3-5H,14H2,1-2H3. The minimum Gasteiger partial charge on any atom is -0.384 e. The number of nitrogens with zero attached hydrogens (tertiary/aromatic N) is 2. The zero-order chi connectivity index (χ0) is 11.9. The molecule has 2 rings (SSSR count). The molecule has 3 nitrogen and oxygen atoms in total. The highest BCUT2D eigenvalue weighted by Crippen LogP contribution is 2.28. The van der Waals surface area contributed by atoms with Crippen LogP contribution in [0.5, 0.6) is 0 Å². The summed E-state index contributed by atoms with van der Waals surface area (Å²) in [6.45, 7) is 1.84. The van der Waals surface area contributed by atoms with Crippen LogP contribution in [-0.2, 0) is 7.05 Å². The summed E-state index contributed by atoms with van der Waals surface area (Å²) < 4.78 is 15.3. The molecule has 0 fully saturated rings. The van der Waals surface area contributed by atoms with Gasteiger partial charge in [0.2, 0.25) is 0 Å². The molecule has 0 saturated heterocycles.